The Morgan fingerprint density at radius 2 is 2.12 bits per heavy atom. The van der Waals surface area contributed by atoms with E-state index in [1.165, 1.54) is 12.4 Å². The van der Waals surface area contributed by atoms with E-state index in [9.17, 15) is 4.79 Å². The third-order valence-electron chi connectivity index (χ3n) is 2.05. The third kappa shape index (κ3) is 3.53. The van der Waals surface area contributed by atoms with E-state index in [2.05, 4.69) is 36.5 Å². The highest BCUT2D eigenvalue weighted by Gasteiger charge is 2.26. The molecular formula is C10H15BrN4O. The number of nitrogens with zero attached hydrogens (tertiary/aromatic N) is 2. The highest BCUT2D eigenvalue weighted by molar-refractivity contribution is 9.10. The van der Waals surface area contributed by atoms with Crippen molar-refractivity contribution in [3.8, 4) is 0 Å². The summed E-state index contributed by atoms with van der Waals surface area (Å²) in [4.78, 5) is 19.9. The molecule has 1 aromatic rings. The number of amides is 1. The Morgan fingerprint density at radius 3 is 2.62 bits per heavy atom. The number of carbonyl (C=O) groups is 1. The summed E-state index contributed by atoms with van der Waals surface area (Å²) in [5, 5.41) is 5.78. The van der Waals surface area contributed by atoms with E-state index in [1.54, 1.807) is 0 Å². The van der Waals surface area contributed by atoms with Gasteiger partial charge in [0.1, 0.15) is 4.60 Å². The van der Waals surface area contributed by atoms with Crippen LogP contribution in [0.3, 0.4) is 0 Å². The van der Waals surface area contributed by atoms with Crippen LogP contribution in [0.5, 0.6) is 0 Å². The summed E-state index contributed by atoms with van der Waals surface area (Å²) in [7, 11) is 0. The number of halogens is 1. The van der Waals surface area contributed by atoms with Crippen molar-refractivity contribution in [2.75, 3.05) is 11.9 Å². The second-order valence-electron chi connectivity index (χ2n) is 3.83. The SMILES string of the molecule is CCNC(C)(C)C(=O)Nc1cnc(Br)cn1. The molecule has 0 aliphatic heterocycles. The Bertz CT molecular complexity index is 364. The van der Waals surface area contributed by atoms with Crippen LogP contribution in [-0.2, 0) is 4.79 Å². The zero-order chi connectivity index (χ0) is 12.2. The van der Waals surface area contributed by atoms with Crippen LogP contribution in [0, 0.1) is 0 Å². The largest absolute Gasteiger partial charge is 0.308 e. The minimum atomic E-state index is -0.622. The number of carbonyl (C=O) groups excluding carboxylic acids is 1. The maximum atomic E-state index is 11.9. The molecule has 6 heteroatoms. The smallest absolute Gasteiger partial charge is 0.245 e. The Labute approximate surface area is 103 Å². The molecule has 88 valence electrons. The van der Waals surface area contributed by atoms with E-state index < -0.39 is 5.54 Å². The van der Waals surface area contributed by atoms with E-state index in [4.69, 9.17) is 0 Å². The first-order chi connectivity index (χ1) is 7.45. The Balaban J connectivity index is 2.67. The van der Waals surface area contributed by atoms with Gasteiger partial charge in [-0.2, -0.15) is 0 Å². The second-order valence-corrected chi connectivity index (χ2v) is 4.65. The molecule has 0 saturated heterocycles. The van der Waals surface area contributed by atoms with Crippen molar-refractivity contribution >= 4 is 27.7 Å². The molecule has 0 radical (unpaired) electrons. The highest BCUT2D eigenvalue weighted by atomic mass is 79.9. The lowest BCUT2D eigenvalue weighted by molar-refractivity contribution is -0.121. The van der Waals surface area contributed by atoms with Crippen LogP contribution in [0.2, 0.25) is 0 Å². The zero-order valence-corrected chi connectivity index (χ0v) is 11.1. The number of rotatable bonds is 4. The standard InChI is InChI=1S/C10H15BrN4O/c1-4-14-10(2,3)9(16)15-8-6-12-7(11)5-13-8/h5-6,14H,4H2,1-3H3,(H,13,15,16). The minimum absolute atomic E-state index is 0.133. The van der Waals surface area contributed by atoms with Crippen LogP contribution in [0.1, 0.15) is 20.8 Å². The van der Waals surface area contributed by atoms with Crippen molar-refractivity contribution in [2.45, 2.75) is 26.3 Å². The van der Waals surface area contributed by atoms with E-state index in [0.717, 1.165) is 6.54 Å². The quantitative estimate of drug-likeness (QED) is 0.882. The maximum absolute atomic E-state index is 11.9. The molecule has 0 aliphatic rings. The van der Waals surface area contributed by atoms with Crippen LogP contribution >= 0.6 is 15.9 Å². The molecule has 5 nitrogen and oxygen atoms in total. The number of likely N-dealkylation sites (N-methyl/N-ethyl adjacent to an activating group) is 1. The molecule has 1 heterocycles. The van der Waals surface area contributed by atoms with Gasteiger partial charge in [-0.3, -0.25) is 4.79 Å². The van der Waals surface area contributed by atoms with Crippen molar-refractivity contribution in [1.82, 2.24) is 15.3 Å². The van der Waals surface area contributed by atoms with Crippen molar-refractivity contribution in [3.05, 3.63) is 17.0 Å². The second kappa shape index (κ2) is 5.36. The average Bonchev–Trinajstić information content (AvgIpc) is 2.21. The molecule has 1 aromatic heterocycles. The average molecular weight is 287 g/mol. The monoisotopic (exact) mass is 286 g/mol. The lowest BCUT2D eigenvalue weighted by Gasteiger charge is -2.23. The summed E-state index contributed by atoms with van der Waals surface area (Å²) in [5.41, 5.74) is -0.622. The number of aromatic nitrogens is 2. The Morgan fingerprint density at radius 1 is 1.44 bits per heavy atom. The summed E-state index contributed by atoms with van der Waals surface area (Å²) in [6.07, 6.45) is 3.04. The fourth-order valence-corrected chi connectivity index (χ4v) is 1.38. The zero-order valence-electron chi connectivity index (χ0n) is 9.54. The molecular weight excluding hydrogens is 272 g/mol. The molecule has 0 aliphatic carbocycles. The van der Waals surface area contributed by atoms with Crippen LogP contribution in [0.15, 0.2) is 17.0 Å². The Hall–Kier alpha value is -1.01. The maximum Gasteiger partial charge on any atom is 0.245 e. The fourth-order valence-electron chi connectivity index (χ4n) is 1.17. The first-order valence-corrected chi connectivity index (χ1v) is 5.79. The molecule has 2 N–H and O–H groups in total. The van der Waals surface area contributed by atoms with Gasteiger partial charge >= 0.3 is 0 Å². The summed E-state index contributed by atoms with van der Waals surface area (Å²) in [5.74, 6) is 0.310. The summed E-state index contributed by atoms with van der Waals surface area (Å²) < 4.78 is 0.636. The lowest BCUT2D eigenvalue weighted by Crippen LogP contribution is -2.49. The molecule has 0 spiro atoms. The molecule has 1 rings (SSSR count). The van der Waals surface area contributed by atoms with Crippen molar-refractivity contribution < 1.29 is 4.79 Å². The van der Waals surface area contributed by atoms with Crippen molar-refractivity contribution in [1.29, 1.82) is 0 Å². The van der Waals surface area contributed by atoms with Gasteiger partial charge in [0.05, 0.1) is 17.9 Å². The van der Waals surface area contributed by atoms with Crippen LogP contribution < -0.4 is 10.6 Å². The Kier molecular flexibility index (Phi) is 4.37. The number of nitrogens with one attached hydrogen (secondary N) is 2. The van der Waals surface area contributed by atoms with Gasteiger partial charge in [0.15, 0.2) is 5.82 Å². The molecule has 1 amide bonds. The summed E-state index contributed by atoms with van der Waals surface area (Å²) >= 11 is 3.18. The topological polar surface area (TPSA) is 66.9 Å². The molecule has 0 fully saturated rings. The van der Waals surface area contributed by atoms with Crippen LogP contribution in [0.4, 0.5) is 5.82 Å². The number of anilines is 1. The van der Waals surface area contributed by atoms with Gasteiger partial charge in [-0.15, -0.1) is 0 Å². The van der Waals surface area contributed by atoms with Gasteiger partial charge in [-0.1, -0.05) is 6.92 Å². The summed E-state index contributed by atoms with van der Waals surface area (Å²) in [6, 6.07) is 0. The van der Waals surface area contributed by atoms with Gasteiger partial charge in [0, 0.05) is 0 Å². The molecule has 16 heavy (non-hydrogen) atoms. The first kappa shape index (κ1) is 13.1. The predicted molar refractivity (Wildman–Crippen MR) is 66.1 cm³/mol. The first-order valence-electron chi connectivity index (χ1n) is 4.99. The van der Waals surface area contributed by atoms with E-state index in [0.29, 0.717) is 10.4 Å². The minimum Gasteiger partial charge on any atom is -0.308 e. The van der Waals surface area contributed by atoms with Crippen LogP contribution in [-0.4, -0.2) is 28.0 Å². The van der Waals surface area contributed by atoms with E-state index >= 15 is 0 Å². The normalized spacial score (nSPS) is 11.2. The highest BCUT2D eigenvalue weighted by Crippen LogP contribution is 2.09. The lowest BCUT2D eigenvalue weighted by atomic mass is 10.1. The molecule has 0 unspecified atom stereocenters. The summed E-state index contributed by atoms with van der Waals surface area (Å²) in [6.45, 7) is 6.32. The third-order valence-corrected chi connectivity index (χ3v) is 2.46. The van der Waals surface area contributed by atoms with Gasteiger partial charge < -0.3 is 10.6 Å². The fraction of sp³-hybridized carbons (Fsp3) is 0.500. The van der Waals surface area contributed by atoms with E-state index in [-0.39, 0.29) is 5.91 Å². The van der Waals surface area contributed by atoms with Crippen molar-refractivity contribution in [2.24, 2.45) is 0 Å². The van der Waals surface area contributed by atoms with Gasteiger partial charge in [0.2, 0.25) is 5.91 Å². The molecule has 0 atom stereocenters. The number of hydrogen-bond donors (Lipinski definition) is 2. The predicted octanol–water partition coefficient (Wildman–Crippen LogP) is 1.57. The van der Waals surface area contributed by atoms with Crippen molar-refractivity contribution in [3.63, 3.8) is 0 Å². The molecule has 0 saturated carbocycles. The molecule has 0 aromatic carbocycles. The van der Waals surface area contributed by atoms with Gasteiger partial charge in [-0.25, -0.2) is 9.97 Å². The van der Waals surface area contributed by atoms with Gasteiger partial charge in [-0.05, 0) is 36.3 Å². The van der Waals surface area contributed by atoms with E-state index in [1.807, 2.05) is 20.8 Å². The van der Waals surface area contributed by atoms with Crippen LogP contribution in [0.25, 0.3) is 0 Å². The molecule has 0 bridgehead atoms. The van der Waals surface area contributed by atoms with Gasteiger partial charge in [0.25, 0.3) is 0 Å². The number of hydrogen-bond acceptors (Lipinski definition) is 4.